The van der Waals surface area contributed by atoms with Gasteiger partial charge in [-0.25, -0.2) is 8.42 Å². The van der Waals surface area contributed by atoms with Gasteiger partial charge in [0.25, 0.3) is 0 Å². The van der Waals surface area contributed by atoms with Crippen molar-refractivity contribution in [3.63, 3.8) is 0 Å². The van der Waals surface area contributed by atoms with Gasteiger partial charge in [0.15, 0.2) is 9.84 Å². The lowest BCUT2D eigenvalue weighted by atomic mass is 9.99. The third kappa shape index (κ3) is 6.07. The van der Waals surface area contributed by atoms with E-state index < -0.39 is 15.4 Å². The Morgan fingerprint density at radius 1 is 1.03 bits per heavy atom. The Hall–Kier alpha value is -2.64. The summed E-state index contributed by atoms with van der Waals surface area (Å²) < 4.78 is 23.9. The molecule has 0 spiro atoms. The number of anilines is 1. The molecule has 178 valence electrons. The highest BCUT2D eigenvalue weighted by atomic mass is 35.5. The zero-order chi connectivity index (χ0) is 25.3. The average Bonchev–Trinajstić information content (AvgIpc) is 2.75. The van der Waals surface area contributed by atoms with Crippen LogP contribution in [0.25, 0.3) is 16.8 Å². The summed E-state index contributed by atoms with van der Waals surface area (Å²) in [5.74, 6) is 0. The van der Waals surface area contributed by atoms with Gasteiger partial charge < -0.3 is 15.8 Å². The van der Waals surface area contributed by atoms with Crippen LogP contribution in [0.1, 0.15) is 25.0 Å². The quantitative estimate of drug-likeness (QED) is 0.308. The molecule has 0 heterocycles. The summed E-state index contributed by atoms with van der Waals surface area (Å²) in [6.07, 6.45) is 2.71. The van der Waals surface area contributed by atoms with Crippen molar-refractivity contribution in [2.45, 2.75) is 31.3 Å². The smallest absolute Gasteiger partial charge is 0.175 e. The van der Waals surface area contributed by atoms with Crippen LogP contribution in [0.3, 0.4) is 0 Å². The zero-order valence-electron chi connectivity index (χ0n) is 19.3. The van der Waals surface area contributed by atoms with Gasteiger partial charge in [-0.05, 0) is 73.9 Å². The number of sulfone groups is 1. The molecule has 34 heavy (non-hydrogen) atoms. The lowest BCUT2D eigenvalue weighted by Crippen LogP contribution is -2.29. The van der Waals surface area contributed by atoms with Crippen LogP contribution in [0.2, 0.25) is 10.0 Å². The monoisotopic (exact) mass is 516 g/mol. The molecule has 0 bridgehead atoms. The van der Waals surface area contributed by atoms with E-state index in [1.807, 2.05) is 31.2 Å². The Labute approximate surface area is 210 Å². The fraction of sp³-hybridized carbons (Fsp3) is 0.192. The second kappa shape index (κ2) is 9.92. The number of nitrogens with one attached hydrogen (secondary N) is 2. The summed E-state index contributed by atoms with van der Waals surface area (Å²) >= 11 is 12.7. The molecule has 0 aliphatic carbocycles. The molecule has 0 amide bonds. The first-order chi connectivity index (χ1) is 15.8. The van der Waals surface area contributed by atoms with Crippen LogP contribution < -0.4 is 5.32 Å². The fourth-order valence-electron chi connectivity index (χ4n) is 3.25. The molecule has 0 aliphatic rings. The predicted octanol–water partition coefficient (Wildman–Crippen LogP) is 6.62. The Morgan fingerprint density at radius 2 is 1.68 bits per heavy atom. The van der Waals surface area contributed by atoms with Gasteiger partial charge in [0.1, 0.15) is 5.60 Å². The van der Waals surface area contributed by atoms with E-state index >= 15 is 0 Å². The predicted molar refractivity (Wildman–Crippen MR) is 142 cm³/mol. The topological polar surface area (TPSA) is 90.3 Å². The van der Waals surface area contributed by atoms with Crippen molar-refractivity contribution in [3.8, 4) is 11.1 Å². The van der Waals surface area contributed by atoms with Crippen LogP contribution in [0.15, 0.2) is 71.6 Å². The van der Waals surface area contributed by atoms with Crippen LogP contribution in [0.4, 0.5) is 5.69 Å². The highest BCUT2D eigenvalue weighted by molar-refractivity contribution is 7.90. The minimum atomic E-state index is -3.31. The van der Waals surface area contributed by atoms with Crippen molar-refractivity contribution in [2.75, 3.05) is 11.6 Å². The molecule has 0 aliphatic heterocycles. The van der Waals surface area contributed by atoms with E-state index in [9.17, 15) is 13.5 Å². The molecule has 3 aromatic carbocycles. The summed E-state index contributed by atoms with van der Waals surface area (Å²) in [5.41, 5.74) is 3.05. The van der Waals surface area contributed by atoms with E-state index in [1.54, 1.807) is 36.4 Å². The summed E-state index contributed by atoms with van der Waals surface area (Å²) in [5, 5.41) is 22.6. The SMILES string of the molecule is Cc1cc(-c2cccc(S(C)(=O)=O)c2)ccc1N/C(=C\C(=N)C(C)(C)O)c1cccc(Cl)c1Cl. The number of halogens is 2. The largest absolute Gasteiger partial charge is 0.384 e. The van der Waals surface area contributed by atoms with E-state index in [4.69, 9.17) is 28.6 Å². The zero-order valence-corrected chi connectivity index (χ0v) is 21.6. The van der Waals surface area contributed by atoms with Crippen molar-refractivity contribution < 1.29 is 13.5 Å². The van der Waals surface area contributed by atoms with Crippen molar-refractivity contribution in [2.24, 2.45) is 0 Å². The van der Waals surface area contributed by atoms with Gasteiger partial charge in [-0.15, -0.1) is 0 Å². The molecular weight excluding hydrogens is 491 g/mol. The van der Waals surface area contributed by atoms with Crippen LogP contribution >= 0.6 is 23.2 Å². The number of hydrogen-bond acceptors (Lipinski definition) is 5. The third-order valence-corrected chi connectivity index (χ3v) is 7.21. The van der Waals surface area contributed by atoms with Crippen molar-refractivity contribution in [1.82, 2.24) is 0 Å². The van der Waals surface area contributed by atoms with Gasteiger partial charge in [0.2, 0.25) is 0 Å². The number of aliphatic hydroxyl groups is 1. The van der Waals surface area contributed by atoms with Crippen molar-refractivity contribution >= 4 is 50.1 Å². The summed E-state index contributed by atoms with van der Waals surface area (Å²) in [6.45, 7) is 4.99. The molecule has 8 heteroatoms. The lowest BCUT2D eigenvalue weighted by Gasteiger charge is -2.20. The molecule has 0 saturated heterocycles. The summed E-state index contributed by atoms with van der Waals surface area (Å²) in [7, 11) is -3.31. The Morgan fingerprint density at radius 3 is 2.29 bits per heavy atom. The number of benzene rings is 3. The van der Waals surface area contributed by atoms with E-state index in [0.29, 0.717) is 21.3 Å². The lowest BCUT2D eigenvalue weighted by molar-refractivity contribution is 0.154. The van der Waals surface area contributed by atoms with E-state index in [-0.39, 0.29) is 10.6 Å². The minimum absolute atomic E-state index is 0.00194. The standard InChI is InChI=1S/C26H26Cl2N2O3S/c1-16-13-18(17-7-5-8-19(14-17)34(4,32)33)11-12-22(16)30-23(15-24(29)26(2,3)31)20-9-6-10-21(27)25(20)28/h5-15,29-31H,1-4H3/b23-15-,29-24?. The van der Waals surface area contributed by atoms with Gasteiger partial charge in [-0.1, -0.05) is 53.5 Å². The molecule has 3 N–H and O–H groups in total. The number of rotatable bonds is 7. The van der Waals surface area contributed by atoms with Gasteiger partial charge in [-0.2, -0.15) is 0 Å². The molecule has 3 rings (SSSR count). The Balaban J connectivity index is 2.03. The molecule has 0 radical (unpaired) electrons. The highest BCUT2D eigenvalue weighted by Crippen LogP contribution is 2.33. The second-order valence-corrected chi connectivity index (χ2v) is 11.4. The first-order valence-corrected chi connectivity index (χ1v) is 13.1. The van der Waals surface area contributed by atoms with E-state index in [1.165, 1.54) is 26.2 Å². The maximum Gasteiger partial charge on any atom is 0.175 e. The maximum atomic E-state index is 11.9. The molecule has 0 saturated carbocycles. The van der Waals surface area contributed by atoms with Gasteiger partial charge in [0.05, 0.1) is 20.7 Å². The van der Waals surface area contributed by atoms with Crippen LogP contribution in [0, 0.1) is 12.3 Å². The molecule has 3 aromatic rings. The fourth-order valence-corrected chi connectivity index (χ4v) is 4.32. The second-order valence-electron chi connectivity index (χ2n) is 8.59. The van der Waals surface area contributed by atoms with Gasteiger partial charge in [0, 0.05) is 23.2 Å². The molecule has 0 atom stereocenters. The van der Waals surface area contributed by atoms with Crippen molar-refractivity contribution in [1.29, 1.82) is 5.41 Å². The van der Waals surface area contributed by atoms with Crippen LogP contribution in [-0.2, 0) is 9.84 Å². The first kappa shape index (κ1) is 26.0. The van der Waals surface area contributed by atoms with Gasteiger partial charge >= 0.3 is 0 Å². The average molecular weight is 517 g/mol. The van der Waals surface area contributed by atoms with Crippen LogP contribution in [-0.4, -0.2) is 31.1 Å². The van der Waals surface area contributed by atoms with Crippen LogP contribution in [0.5, 0.6) is 0 Å². The molecule has 5 nitrogen and oxygen atoms in total. The summed E-state index contributed by atoms with van der Waals surface area (Å²) in [4.78, 5) is 0.260. The normalized spacial score (nSPS) is 12.5. The van der Waals surface area contributed by atoms with Gasteiger partial charge in [-0.3, -0.25) is 0 Å². The number of hydrogen-bond donors (Lipinski definition) is 3. The molecule has 0 aromatic heterocycles. The van der Waals surface area contributed by atoms with Crippen molar-refractivity contribution in [3.05, 3.63) is 87.9 Å². The minimum Gasteiger partial charge on any atom is -0.384 e. The molecule has 0 fully saturated rings. The van der Waals surface area contributed by atoms with E-state index in [0.717, 1.165) is 22.4 Å². The molecule has 0 unspecified atom stereocenters. The first-order valence-electron chi connectivity index (χ1n) is 10.4. The van der Waals surface area contributed by atoms with E-state index in [2.05, 4.69) is 5.32 Å². The third-order valence-electron chi connectivity index (χ3n) is 5.28. The Kier molecular flexibility index (Phi) is 7.58. The molecular formula is C26H26Cl2N2O3S. The maximum absolute atomic E-state index is 11.9. The Bertz CT molecular complexity index is 1390. The highest BCUT2D eigenvalue weighted by Gasteiger charge is 2.20. The summed E-state index contributed by atoms with van der Waals surface area (Å²) in [6, 6.07) is 17.7. The number of aryl methyl sites for hydroxylation is 1.